The molecule has 1 N–H and O–H groups in total. The summed E-state index contributed by atoms with van der Waals surface area (Å²) in [5.74, 6) is 1.30. The molecule has 7 nitrogen and oxygen atoms in total. The molecule has 2 fully saturated rings. The third-order valence-electron chi connectivity index (χ3n) is 6.45. The molecule has 1 aliphatic carbocycles. The zero-order valence-corrected chi connectivity index (χ0v) is 21.0. The standard InChI is InChI=1S/C25H31N5O2S2/c31-24(26-19-8-10-20(11-9-19)29-12-14-32-15-13-29)18-34-25-28-27-23(17-22-7-4-16-33-22)30(25)21-5-2-1-3-6-21/h4,7-11,16,21H,1-3,5-6,12-15,17-18H2,(H,26,31). The van der Waals surface area contributed by atoms with Crippen LogP contribution in [0.1, 0.15) is 48.8 Å². The largest absolute Gasteiger partial charge is 0.378 e. The number of ether oxygens (including phenoxy) is 1. The molecule has 1 aliphatic heterocycles. The average molecular weight is 498 g/mol. The van der Waals surface area contributed by atoms with Crippen LogP contribution in [0.4, 0.5) is 11.4 Å². The summed E-state index contributed by atoms with van der Waals surface area (Å²) in [5, 5.41) is 15.0. The molecule has 180 valence electrons. The van der Waals surface area contributed by atoms with E-state index in [0.29, 0.717) is 11.8 Å². The number of nitrogens with one attached hydrogen (secondary N) is 1. The maximum Gasteiger partial charge on any atom is 0.234 e. The molecule has 9 heteroatoms. The van der Waals surface area contributed by atoms with Crippen LogP contribution in [-0.2, 0) is 16.0 Å². The van der Waals surface area contributed by atoms with Crippen molar-refractivity contribution in [1.82, 2.24) is 14.8 Å². The number of anilines is 2. The summed E-state index contributed by atoms with van der Waals surface area (Å²) in [6.45, 7) is 3.32. The number of benzene rings is 1. The number of morpholine rings is 1. The number of carbonyl (C=O) groups is 1. The third kappa shape index (κ3) is 5.82. The smallest absolute Gasteiger partial charge is 0.234 e. The van der Waals surface area contributed by atoms with Gasteiger partial charge >= 0.3 is 0 Å². The number of rotatable bonds is 8. The molecular weight excluding hydrogens is 466 g/mol. The lowest BCUT2D eigenvalue weighted by atomic mass is 9.95. The fourth-order valence-electron chi connectivity index (χ4n) is 4.71. The summed E-state index contributed by atoms with van der Waals surface area (Å²) in [5.41, 5.74) is 1.98. The quantitative estimate of drug-likeness (QED) is 0.442. The van der Waals surface area contributed by atoms with E-state index in [1.807, 2.05) is 12.1 Å². The molecule has 34 heavy (non-hydrogen) atoms. The van der Waals surface area contributed by atoms with E-state index in [2.05, 4.69) is 54.6 Å². The second kappa shape index (κ2) is 11.4. The Morgan fingerprint density at radius 3 is 2.62 bits per heavy atom. The van der Waals surface area contributed by atoms with Crippen molar-refractivity contribution in [2.45, 2.75) is 49.7 Å². The molecule has 2 aromatic heterocycles. The lowest BCUT2D eigenvalue weighted by molar-refractivity contribution is -0.113. The molecule has 3 aromatic rings. The molecule has 3 heterocycles. The monoisotopic (exact) mass is 497 g/mol. The maximum atomic E-state index is 12.7. The van der Waals surface area contributed by atoms with Crippen LogP contribution in [0.5, 0.6) is 0 Å². The van der Waals surface area contributed by atoms with E-state index in [9.17, 15) is 4.79 Å². The summed E-state index contributed by atoms with van der Waals surface area (Å²) < 4.78 is 7.74. The number of nitrogens with zero attached hydrogens (tertiary/aromatic N) is 4. The highest BCUT2D eigenvalue weighted by Gasteiger charge is 2.24. The van der Waals surface area contributed by atoms with Gasteiger partial charge in [-0.05, 0) is 48.6 Å². The van der Waals surface area contributed by atoms with Gasteiger partial charge in [-0.15, -0.1) is 21.5 Å². The molecule has 0 radical (unpaired) electrons. The van der Waals surface area contributed by atoms with Crippen LogP contribution in [-0.4, -0.2) is 52.7 Å². The Balaban J connectivity index is 1.21. The van der Waals surface area contributed by atoms with Gasteiger partial charge in [0, 0.05) is 41.8 Å². The van der Waals surface area contributed by atoms with Crippen molar-refractivity contribution in [3.8, 4) is 0 Å². The number of hydrogen-bond donors (Lipinski definition) is 1. The number of aromatic nitrogens is 3. The highest BCUT2D eigenvalue weighted by Crippen LogP contribution is 2.33. The van der Waals surface area contributed by atoms with Crippen LogP contribution in [0, 0.1) is 0 Å². The Bertz CT molecular complexity index is 1060. The lowest BCUT2D eigenvalue weighted by Gasteiger charge is -2.28. The molecule has 1 aromatic carbocycles. The van der Waals surface area contributed by atoms with Crippen LogP contribution < -0.4 is 10.2 Å². The fraction of sp³-hybridized carbons (Fsp3) is 0.480. The van der Waals surface area contributed by atoms with Gasteiger partial charge in [0.2, 0.25) is 5.91 Å². The minimum Gasteiger partial charge on any atom is -0.378 e. The summed E-state index contributed by atoms with van der Waals surface area (Å²) in [6, 6.07) is 12.7. The lowest BCUT2D eigenvalue weighted by Crippen LogP contribution is -2.36. The molecule has 0 bridgehead atoms. The van der Waals surface area contributed by atoms with Crippen LogP contribution >= 0.6 is 23.1 Å². The molecule has 1 saturated heterocycles. The van der Waals surface area contributed by atoms with Gasteiger partial charge in [-0.1, -0.05) is 37.1 Å². The highest BCUT2D eigenvalue weighted by atomic mass is 32.2. The zero-order valence-electron chi connectivity index (χ0n) is 19.3. The van der Waals surface area contributed by atoms with Crippen molar-refractivity contribution >= 4 is 40.4 Å². The second-order valence-electron chi connectivity index (χ2n) is 8.80. The van der Waals surface area contributed by atoms with E-state index in [-0.39, 0.29) is 5.91 Å². The summed E-state index contributed by atoms with van der Waals surface area (Å²) >= 11 is 3.24. The van der Waals surface area contributed by atoms with Crippen molar-refractivity contribution in [1.29, 1.82) is 0 Å². The van der Waals surface area contributed by atoms with Crippen LogP contribution in [0.15, 0.2) is 46.9 Å². The van der Waals surface area contributed by atoms with Crippen molar-refractivity contribution in [3.05, 3.63) is 52.5 Å². The van der Waals surface area contributed by atoms with Crippen molar-refractivity contribution in [3.63, 3.8) is 0 Å². The number of carbonyl (C=O) groups excluding carboxylic acids is 1. The molecule has 5 rings (SSSR count). The van der Waals surface area contributed by atoms with E-state index < -0.39 is 0 Å². The van der Waals surface area contributed by atoms with Gasteiger partial charge in [0.25, 0.3) is 0 Å². The summed E-state index contributed by atoms with van der Waals surface area (Å²) in [4.78, 5) is 16.3. The normalized spacial score (nSPS) is 17.1. The van der Waals surface area contributed by atoms with Crippen molar-refractivity contribution in [2.75, 3.05) is 42.3 Å². The van der Waals surface area contributed by atoms with Crippen LogP contribution in [0.2, 0.25) is 0 Å². The highest BCUT2D eigenvalue weighted by molar-refractivity contribution is 7.99. The number of thioether (sulfide) groups is 1. The summed E-state index contributed by atoms with van der Waals surface area (Å²) in [7, 11) is 0. The first-order valence-electron chi connectivity index (χ1n) is 12.1. The molecule has 0 atom stereocenters. The zero-order chi connectivity index (χ0) is 23.2. The molecule has 0 spiro atoms. The first kappa shape index (κ1) is 23.4. The molecule has 1 amide bonds. The fourth-order valence-corrected chi connectivity index (χ4v) is 6.23. The minimum atomic E-state index is -0.0258. The number of hydrogen-bond acceptors (Lipinski definition) is 7. The SMILES string of the molecule is O=C(CSc1nnc(Cc2cccs2)n1C1CCCCC1)Nc1ccc(N2CCOCC2)cc1. The van der Waals surface area contributed by atoms with E-state index in [1.54, 1.807) is 11.3 Å². The first-order valence-corrected chi connectivity index (χ1v) is 13.9. The van der Waals surface area contributed by atoms with Crippen LogP contribution in [0.25, 0.3) is 0 Å². The average Bonchev–Trinajstić information content (AvgIpc) is 3.54. The Morgan fingerprint density at radius 1 is 1.09 bits per heavy atom. The van der Waals surface area contributed by atoms with Gasteiger partial charge in [0.05, 0.1) is 19.0 Å². The van der Waals surface area contributed by atoms with E-state index in [1.165, 1.54) is 35.9 Å². The van der Waals surface area contributed by atoms with Crippen molar-refractivity contribution in [2.24, 2.45) is 0 Å². The molecular formula is C25H31N5O2S2. The number of amides is 1. The van der Waals surface area contributed by atoms with Gasteiger partial charge in [-0.2, -0.15) is 0 Å². The Labute approximate surface area is 208 Å². The van der Waals surface area contributed by atoms with Gasteiger partial charge in [-0.3, -0.25) is 4.79 Å². The van der Waals surface area contributed by atoms with Crippen LogP contribution in [0.3, 0.4) is 0 Å². The third-order valence-corrected chi connectivity index (χ3v) is 8.27. The van der Waals surface area contributed by atoms with Gasteiger partial charge in [0.15, 0.2) is 5.16 Å². The Hall–Kier alpha value is -2.36. The van der Waals surface area contributed by atoms with Crippen molar-refractivity contribution < 1.29 is 9.53 Å². The van der Waals surface area contributed by atoms with Gasteiger partial charge in [-0.25, -0.2) is 0 Å². The predicted molar refractivity (Wildman–Crippen MR) is 138 cm³/mol. The predicted octanol–water partition coefficient (Wildman–Crippen LogP) is 5.00. The molecule has 1 saturated carbocycles. The minimum absolute atomic E-state index is 0.0258. The second-order valence-corrected chi connectivity index (χ2v) is 10.8. The summed E-state index contributed by atoms with van der Waals surface area (Å²) in [6.07, 6.45) is 6.89. The van der Waals surface area contributed by atoms with Gasteiger partial charge in [0.1, 0.15) is 5.82 Å². The Kier molecular flexibility index (Phi) is 7.83. The maximum absolute atomic E-state index is 12.7. The molecule has 0 unspecified atom stereocenters. The van der Waals surface area contributed by atoms with E-state index >= 15 is 0 Å². The topological polar surface area (TPSA) is 72.3 Å². The first-order chi connectivity index (χ1) is 16.8. The van der Waals surface area contributed by atoms with E-state index in [4.69, 9.17) is 4.74 Å². The number of thiophene rings is 1. The van der Waals surface area contributed by atoms with E-state index in [0.717, 1.165) is 67.9 Å². The molecule has 2 aliphatic rings. The van der Waals surface area contributed by atoms with Gasteiger partial charge < -0.3 is 19.5 Å². The Morgan fingerprint density at radius 2 is 1.88 bits per heavy atom.